The highest BCUT2D eigenvalue weighted by molar-refractivity contribution is 6.43. The van der Waals surface area contributed by atoms with Crippen LogP contribution in [0.2, 0.25) is 10.0 Å². The van der Waals surface area contributed by atoms with Crippen LogP contribution >= 0.6 is 23.2 Å². The number of rotatable bonds is 3. The van der Waals surface area contributed by atoms with Crippen molar-refractivity contribution in [1.82, 2.24) is 5.01 Å². The Labute approximate surface area is 171 Å². The van der Waals surface area contributed by atoms with E-state index in [1.54, 1.807) is 30.3 Å². The van der Waals surface area contributed by atoms with E-state index in [0.29, 0.717) is 27.1 Å². The van der Waals surface area contributed by atoms with Crippen LogP contribution in [0.5, 0.6) is 0 Å². The predicted octanol–water partition coefficient (Wildman–Crippen LogP) is 4.78. The lowest BCUT2D eigenvalue weighted by molar-refractivity contribution is -0.140. The van der Waals surface area contributed by atoms with Crippen LogP contribution in [0.25, 0.3) is 11.3 Å². The quantitative estimate of drug-likeness (QED) is 0.412. The van der Waals surface area contributed by atoms with E-state index in [-0.39, 0.29) is 35.5 Å². The van der Waals surface area contributed by atoms with Crippen molar-refractivity contribution < 1.29 is 14.0 Å². The lowest BCUT2D eigenvalue weighted by Crippen LogP contribution is -2.38. The van der Waals surface area contributed by atoms with Gasteiger partial charge in [0.1, 0.15) is 11.5 Å². The molecule has 5 nitrogen and oxygen atoms in total. The van der Waals surface area contributed by atoms with E-state index in [2.05, 4.69) is 17.3 Å². The maximum absolute atomic E-state index is 12.8. The zero-order chi connectivity index (χ0) is 19.4. The van der Waals surface area contributed by atoms with E-state index in [0.717, 1.165) is 17.9 Å². The van der Waals surface area contributed by atoms with E-state index in [4.69, 9.17) is 27.6 Å². The molecule has 2 bridgehead atoms. The van der Waals surface area contributed by atoms with Crippen LogP contribution in [-0.4, -0.2) is 23.0 Å². The zero-order valence-electron chi connectivity index (χ0n) is 14.7. The molecular formula is C21H16Cl2N2O3. The van der Waals surface area contributed by atoms with E-state index in [1.165, 1.54) is 6.21 Å². The topological polar surface area (TPSA) is 62.9 Å². The van der Waals surface area contributed by atoms with E-state index in [9.17, 15) is 9.59 Å². The van der Waals surface area contributed by atoms with Crippen molar-refractivity contribution in [2.45, 2.75) is 12.8 Å². The molecule has 0 N–H and O–H groups in total. The SMILES string of the molecule is O=C1[C@H]2[C@H](C(=O)N1/N=C\c1ccc(-c3cccc(Cl)c3Cl)o1)[C@H]1C=C[C@H]2CC1. The van der Waals surface area contributed by atoms with Gasteiger partial charge in [0, 0.05) is 5.56 Å². The summed E-state index contributed by atoms with van der Waals surface area (Å²) in [6.45, 7) is 0. The average molecular weight is 415 g/mol. The first-order valence-electron chi connectivity index (χ1n) is 9.19. The third-order valence-electron chi connectivity index (χ3n) is 5.88. The Balaban J connectivity index is 1.39. The number of hydrazone groups is 1. The van der Waals surface area contributed by atoms with Crippen molar-refractivity contribution in [2.75, 3.05) is 0 Å². The number of carbonyl (C=O) groups excluding carboxylic acids is 2. The summed E-state index contributed by atoms with van der Waals surface area (Å²) >= 11 is 12.3. The predicted molar refractivity (Wildman–Crippen MR) is 106 cm³/mol. The molecule has 0 unspecified atom stereocenters. The third-order valence-corrected chi connectivity index (χ3v) is 6.70. The van der Waals surface area contributed by atoms with Gasteiger partial charge < -0.3 is 4.42 Å². The molecular weight excluding hydrogens is 399 g/mol. The van der Waals surface area contributed by atoms with Gasteiger partial charge in [-0.1, -0.05) is 41.4 Å². The van der Waals surface area contributed by atoms with Gasteiger partial charge in [0.2, 0.25) is 0 Å². The Bertz CT molecular complexity index is 1010. The van der Waals surface area contributed by atoms with Crippen molar-refractivity contribution in [3.63, 3.8) is 0 Å². The molecule has 6 rings (SSSR count). The van der Waals surface area contributed by atoms with Crippen LogP contribution in [0.1, 0.15) is 18.6 Å². The Kier molecular flexibility index (Phi) is 4.18. The van der Waals surface area contributed by atoms with Crippen molar-refractivity contribution in [1.29, 1.82) is 0 Å². The van der Waals surface area contributed by atoms with Crippen LogP contribution in [0, 0.1) is 23.7 Å². The molecule has 4 aliphatic rings. The molecule has 1 saturated carbocycles. The zero-order valence-corrected chi connectivity index (χ0v) is 16.2. The average Bonchev–Trinajstić information content (AvgIpc) is 3.28. The first kappa shape index (κ1) is 17.7. The van der Waals surface area contributed by atoms with Gasteiger partial charge in [-0.3, -0.25) is 9.59 Å². The molecule has 1 aliphatic heterocycles. The van der Waals surface area contributed by atoms with Gasteiger partial charge in [-0.2, -0.15) is 10.1 Å². The summed E-state index contributed by atoms with van der Waals surface area (Å²) in [5.74, 6) is 0.270. The standard InChI is InChI=1S/C21H16Cl2N2O3/c22-15-3-1-2-14(19(15)23)16-9-8-13(28-16)10-24-25-20(26)17-11-4-5-12(7-6-11)18(17)21(25)27/h1-5,8-12,17-18H,6-7H2/b24-10-/t11-,12-,17+,18+/m0/s1. The number of fused-ring (bicyclic) bond motifs is 1. The highest BCUT2D eigenvalue weighted by Crippen LogP contribution is 2.49. The van der Waals surface area contributed by atoms with Crippen LogP contribution in [0.15, 0.2) is 52.0 Å². The Morgan fingerprint density at radius 2 is 1.68 bits per heavy atom. The lowest BCUT2D eigenvalue weighted by atomic mass is 9.63. The van der Waals surface area contributed by atoms with E-state index in [1.807, 2.05) is 0 Å². The summed E-state index contributed by atoms with van der Waals surface area (Å²) < 4.78 is 5.76. The first-order valence-corrected chi connectivity index (χ1v) is 9.94. The third kappa shape index (κ3) is 2.65. The fourth-order valence-electron chi connectivity index (χ4n) is 4.55. The summed E-state index contributed by atoms with van der Waals surface area (Å²) in [4.78, 5) is 25.5. The maximum atomic E-state index is 12.8. The number of furan rings is 1. The monoisotopic (exact) mass is 414 g/mol. The molecule has 0 spiro atoms. The first-order chi connectivity index (χ1) is 13.5. The smallest absolute Gasteiger partial charge is 0.254 e. The van der Waals surface area contributed by atoms with Crippen LogP contribution in [-0.2, 0) is 9.59 Å². The fourth-order valence-corrected chi connectivity index (χ4v) is 4.94. The molecule has 1 aromatic carbocycles. The van der Waals surface area contributed by atoms with Crippen molar-refractivity contribution >= 4 is 41.2 Å². The molecule has 1 saturated heterocycles. The molecule has 2 fully saturated rings. The number of imide groups is 1. The number of benzene rings is 1. The van der Waals surface area contributed by atoms with Crippen molar-refractivity contribution in [3.8, 4) is 11.3 Å². The number of allylic oxidation sites excluding steroid dienone is 2. The van der Waals surface area contributed by atoms with Gasteiger partial charge in [0.05, 0.1) is 28.1 Å². The Hall–Kier alpha value is -2.37. The lowest BCUT2D eigenvalue weighted by Gasteiger charge is -2.37. The van der Waals surface area contributed by atoms with Gasteiger partial charge in [-0.15, -0.1) is 0 Å². The second-order valence-electron chi connectivity index (χ2n) is 7.38. The van der Waals surface area contributed by atoms with Gasteiger partial charge >= 0.3 is 0 Å². The van der Waals surface area contributed by atoms with Gasteiger partial charge in [-0.05, 0) is 48.9 Å². The summed E-state index contributed by atoms with van der Waals surface area (Å²) in [5.41, 5.74) is 0.663. The van der Waals surface area contributed by atoms with Crippen molar-refractivity contribution in [3.05, 3.63) is 58.3 Å². The number of halogens is 2. The molecule has 3 aliphatic carbocycles. The van der Waals surface area contributed by atoms with Crippen LogP contribution in [0.4, 0.5) is 0 Å². The normalized spacial score (nSPS) is 28.6. The summed E-state index contributed by atoms with van der Waals surface area (Å²) in [7, 11) is 0. The van der Waals surface area contributed by atoms with E-state index >= 15 is 0 Å². The summed E-state index contributed by atoms with van der Waals surface area (Å²) in [6, 6.07) is 8.74. The largest absolute Gasteiger partial charge is 0.455 e. The van der Waals surface area contributed by atoms with E-state index < -0.39 is 0 Å². The minimum atomic E-state index is -0.272. The number of nitrogens with zero attached hydrogens (tertiary/aromatic N) is 2. The molecule has 0 radical (unpaired) electrons. The second-order valence-corrected chi connectivity index (χ2v) is 8.16. The highest BCUT2D eigenvalue weighted by atomic mass is 35.5. The molecule has 142 valence electrons. The molecule has 2 aromatic rings. The summed E-state index contributed by atoms with van der Waals surface area (Å²) in [6.07, 6.45) is 7.48. The minimum absolute atomic E-state index is 0.145. The number of hydrogen-bond donors (Lipinski definition) is 0. The van der Waals surface area contributed by atoms with Crippen LogP contribution < -0.4 is 0 Å². The van der Waals surface area contributed by atoms with Crippen molar-refractivity contribution in [2.24, 2.45) is 28.8 Å². The molecule has 4 atom stereocenters. The van der Waals surface area contributed by atoms with Gasteiger partial charge in [0.15, 0.2) is 0 Å². The Morgan fingerprint density at radius 3 is 2.32 bits per heavy atom. The number of carbonyl (C=O) groups is 2. The molecule has 7 heteroatoms. The minimum Gasteiger partial charge on any atom is -0.455 e. The second kappa shape index (κ2) is 6.61. The fraction of sp³-hybridized carbons (Fsp3) is 0.286. The summed E-state index contributed by atoms with van der Waals surface area (Å²) in [5, 5.41) is 6.00. The number of amides is 2. The maximum Gasteiger partial charge on any atom is 0.254 e. The molecule has 28 heavy (non-hydrogen) atoms. The van der Waals surface area contributed by atoms with Crippen LogP contribution in [0.3, 0.4) is 0 Å². The number of hydrogen-bond acceptors (Lipinski definition) is 4. The molecule has 1 aromatic heterocycles. The van der Waals surface area contributed by atoms with Gasteiger partial charge in [-0.25, -0.2) is 0 Å². The highest BCUT2D eigenvalue weighted by Gasteiger charge is 2.56. The Morgan fingerprint density at radius 1 is 1.00 bits per heavy atom. The molecule has 2 amide bonds. The molecule has 2 heterocycles. The van der Waals surface area contributed by atoms with Gasteiger partial charge in [0.25, 0.3) is 11.8 Å².